The zero-order valence-electron chi connectivity index (χ0n) is 14.2. The van der Waals surface area contributed by atoms with Crippen molar-refractivity contribution in [3.8, 4) is 0 Å². The van der Waals surface area contributed by atoms with Crippen LogP contribution in [0.2, 0.25) is 0 Å². The molecule has 1 saturated heterocycles. The molecular formula is C19H25NO3S. The second-order valence-corrected chi connectivity index (χ2v) is 7.59. The van der Waals surface area contributed by atoms with Crippen molar-refractivity contribution >= 4 is 10.1 Å². The van der Waals surface area contributed by atoms with E-state index in [1.807, 2.05) is 6.92 Å². The molecule has 0 bridgehead atoms. The Morgan fingerprint density at radius 3 is 2.08 bits per heavy atom. The molecule has 0 atom stereocenters. The lowest BCUT2D eigenvalue weighted by molar-refractivity contribution is 0.459. The van der Waals surface area contributed by atoms with Crippen molar-refractivity contribution in [1.82, 2.24) is 5.32 Å². The number of aryl methyl sites for hydroxylation is 2. The fourth-order valence-corrected chi connectivity index (χ4v) is 3.37. The van der Waals surface area contributed by atoms with E-state index in [-0.39, 0.29) is 4.90 Å². The van der Waals surface area contributed by atoms with E-state index in [0.29, 0.717) is 0 Å². The van der Waals surface area contributed by atoms with E-state index < -0.39 is 10.1 Å². The summed E-state index contributed by atoms with van der Waals surface area (Å²) in [6, 6.07) is 14.8. The first kappa shape index (κ1) is 18.6. The molecule has 2 aromatic carbocycles. The first-order valence-corrected chi connectivity index (χ1v) is 9.62. The summed E-state index contributed by atoms with van der Waals surface area (Å²) in [7, 11) is -4.02. The number of nitrogens with one attached hydrogen (secondary N) is 1. The Balaban J connectivity index is 0.000000177. The average molecular weight is 347 g/mol. The van der Waals surface area contributed by atoms with Crippen LogP contribution in [0.5, 0.6) is 0 Å². The van der Waals surface area contributed by atoms with E-state index in [1.54, 1.807) is 17.7 Å². The van der Waals surface area contributed by atoms with Gasteiger partial charge in [-0.25, -0.2) is 0 Å². The highest BCUT2D eigenvalue weighted by molar-refractivity contribution is 7.85. The molecule has 3 rings (SSSR count). The van der Waals surface area contributed by atoms with Gasteiger partial charge in [-0.3, -0.25) is 4.55 Å². The highest BCUT2D eigenvalue weighted by atomic mass is 32.2. The summed E-state index contributed by atoms with van der Waals surface area (Å²) in [6.07, 6.45) is 2.59. The molecule has 0 aliphatic carbocycles. The Labute approximate surface area is 144 Å². The van der Waals surface area contributed by atoms with Crippen molar-refractivity contribution in [3.63, 3.8) is 0 Å². The highest BCUT2D eigenvalue weighted by Crippen LogP contribution is 2.27. The molecule has 1 aliphatic rings. The molecule has 24 heavy (non-hydrogen) atoms. The van der Waals surface area contributed by atoms with Crippen LogP contribution >= 0.6 is 0 Å². The number of hydrogen-bond acceptors (Lipinski definition) is 3. The Bertz CT molecular complexity index is 748. The smallest absolute Gasteiger partial charge is 0.294 e. The Hall–Kier alpha value is -1.69. The molecular weight excluding hydrogens is 322 g/mol. The van der Waals surface area contributed by atoms with Gasteiger partial charge < -0.3 is 5.32 Å². The molecule has 0 amide bonds. The van der Waals surface area contributed by atoms with Gasteiger partial charge in [-0.2, -0.15) is 8.42 Å². The van der Waals surface area contributed by atoms with Crippen LogP contribution in [0.15, 0.2) is 53.4 Å². The van der Waals surface area contributed by atoms with Gasteiger partial charge in [0.2, 0.25) is 0 Å². The monoisotopic (exact) mass is 347 g/mol. The zero-order chi connectivity index (χ0) is 17.6. The van der Waals surface area contributed by atoms with Gasteiger partial charge in [0.25, 0.3) is 10.1 Å². The lowest BCUT2D eigenvalue weighted by Gasteiger charge is -2.24. The molecule has 0 radical (unpaired) electrons. The van der Waals surface area contributed by atoms with Crippen LogP contribution in [0, 0.1) is 13.8 Å². The summed E-state index contributed by atoms with van der Waals surface area (Å²) >= 11 is 0. The molecule has 4 nitrogen and oxygen atoms in total. The fourth-order valence-electron chi connectivity index (χ4n) is 2.89. The second-order valence-electron chi connectivity index (χ2n) is 6.17. The van der Waals surface area contributed by atoms with Gasteiger partial charge in [0, 0.05) is 0 Å². The van der Waals surface area contributed by atoms with Gasteiger partial charge in [0.1, 0.15) is 0 Å². The average Bonchev–Trinajstić information content (AvgIpc) is 2.56. The molecule has 2 N–H and O–H groups in total. The van der Waals surface area contributed by atoms with Crippen molar-refractivity contribution in [2.24, 2.45) is 0 Å². The van der Waals surface area contributed by atoms with Crippen LogP contribution in [-0.2, 0) is 10.1 Å². The van der Waals surface area contributed by atoms with Crippen molar-refractivity contribution in [2.75, 3.05) is 13.1 Å². The van der Waals surface area contributed by atoms with E-state index in [4.69, 9.17) is 4.55 Å². The first-order chi connectivity index (χ1) is 11.4. The number of rotatable bonds is 2. The normalized spacial score (nSPS) is 15.5. The summed E-state index contributed by atoms with van der Waals surface area (Å²) in [6.45, 7) is 6.42. The van der Waals surface area contributed by atoms with Crippen LogP contribution in [0.3, 0.4) is 0 Å². The second kappa shape index (κ2) is 8.42. The number of hydrogen-bond donors (Lipinski definition) is 2. The largest absolute Gasteiger partial charge is 0.317 e. The van der Waals surface area contributed by atoms with Crippen molar-refractivity contribution in [2.45, 2.75) is 37.5 Å². The summed E-state index contributed by atoms with van der Waals surface area (Å²) in [4.78, 5) is -0.0666. The maximum Gasteiger partial charge on any atom is 0.294 e. The van der Waals surface area contributed by atoms with Gasteiger partial charge >= 0.3 is 0 Å². The van der Waals surface area contributed by atoms with Crippen LogP contribution in [0.1, 0.15) is 35.4 Å². The zero-order valence-corrected chi connectivity index (χ0v) is 15.0. The minimum atomic E-state index is -4.02. The van der Waals surface area contributed by atoms with E-state index in [0.717, 1.165) is 11.5 Å². The van der Waals surface area contributed by atoms with Crippen molar-refractivity contribution in [3.05, 3.63) is 65.2 Å². The quantitative estimate of drug-likeness (QED) is 0.813. The third-order valence-corrected chi connectivity index (χ3v) is 5.15. The Morgan fingerprint density at radius 1 is 0.958 bits per heavy atom. The maximum absolute atomic E-state index is 10.5. The standard InChI is InChI=1S/C12H17N.C7H8O3S/c1-10-4-2-3-5-12(10)11-6-8-13-9-7-11;1-6-2-4-7(5-3-6)11(8,9)10/h2-5,11,13H,6-9H2,1H3;2-5H,1H3,(H,8,9,10). The first-order valence-electron chi connectivity index (χ1n) is 8.18. The molecule has 0 saturated carbocycles. The summed E-state index contributed by atoms with van der Waals surface area (Å²) in [5.74, 6) is 0.794. The minimum absolute atomic E-state index is 0.0666. The molecule has 1 heterocycles. The third kappa shape index (κ3) is 5.44. The molecule has 0 aromatic heterocycles. The van der Waals surface area contributed by atoms with Gasteiger partial charge in [0.05, 0.1) is 4.90 Å². The number of piperidine rings is 1. The van der Waals surface area contributed by atoms with E-state index in [1.165, 1.54) is 43.6 Å². The topological polar surface area (TPSA) is 66.4 Å². The van der Waals surface area contributed by atoms with E-state index in [2.05, 4.69) is 36.5 Å². The summed E-state index contributed by atoms with van der Waals surface area (Å²) in [5, 5.41) is 3.40. The molecule has 0 unspecified atom stereocenters. The number of benzene rings is 2. The molecule has 1 aliphatic heterocycles. The predicted octanol–water partition coefficient (Wildman–Crippen LogP) is 3.70. The van der Waals surface area contributed by atoms with Crippen LogP contribution < -0.4 is 5.32 Å². The van der Waals surface area contributed by atoms with E-state index in [9.17, 15) is 8.42 Å². The lowest BCUT2D eigenvalue weighted by Crippen LogP contribution is -2.26. The van der Waals surface area contributed by atoms with Crippen LogP contribution in [-0.4, -0.2) is 26.1 Å². The molecule has 5 heteroatoms. The third-order valence-electron chi connectivity index (χ3n) is 4.29. The van der Waals surface area contributed by atoms with Crippen molar-refractivity contribution < 1.29 is 13.0 Å². The van der Waals surface area contributed by atoms with Gasteiger partial charge in [-0.1, -0.05) is 42.0 Å². The predicted molar refractivity (Wildman–Crippen MR) is 97.0 cm³/mol. The van der Waals surface area contributed by atoms with Gasteiger partial charge in [0.15, 0.2) is 0 Å². The van der Waals surface area contributed by atoms with Gasteiger partial charge in [-0.05, 0) is 69.0 Å². The minimum Gasteiger partial charge on any atom is -0.317 e. The Morgan fingerprint density at radius 2 is 1.54 bits per heavy atom. The van der Waals surface area contributed by atoms with Gasteiger partial charge in [-0.15, -0.1) is 0 Å². The molecule has 2 aromatic rings. The lowest BCUT2D eigenvalue weighted by atomic mass is 9.88. The summed E-state index contributed by atoms with van der Waals surface area (Å²) in [5.41, 5.74) is 3.97. The van der Waals surface area contributed by atoms with Crippen LogP contribution in [0.25, 0.3) is 0 Å². The maximum atomic E-state index is 10.5. The van der Waals surface area contributed by atoms with Crippen molar-refractivity contribution in [1.29, 1.82) is 0 Å². The fraction of sp³-hybridized carbons (Fsp3) is 0.368. The van der Waals surface area contributed by atoms with Crippen LogP contribution in [0.4, 0.5) is 0 Å². The Kier molecular flexibility index (Phi) is 6.54. The molecule has 130 valence electrons. The SMILES string of the molecule is Cc1ccc(S(=O)(=O)O)cc1.Cc1ccccc1C1CCNCC1. The highest BCUT2D eigenvalue weighted by Gasteiger charge is 2.15. The molecule has 0 spiro atoms. The summed E-state index contributed by atoms with van der Waals surface area (Å²) < 4.78 is 29.6. The molecule has 1 fully saturated rings. The van der Waals surface area contributed by atoms with E-state index >= 15 is 0 Å².